The van der Waals surface area contributed by atoms with Gasteiger partial charge < -0.3 is 15.4 Å². The Hall–Kier alpha value is -1.10. The monoisotopic (exact) mass is 282 g/mol. The first kappa shape index (κ1) is 14.3. The normalized spacial score (nSPS) is 16.7. The maximum Gasteiger partial charge on any atom is 0.238 e. The summed E-state index contributed by atoms with van der Waals surface area (Å²) in [5.41, 5.74) is 0.653. The lowest BCUT2D eigenvalue weighted by Gasteiger charge is -2.40. The van der Waals surface area contributed by atoms with Gasteiger partial charge in [-0.2, -0.15) is 0 Å². The first-order valence-electron chi connectivity index (χ1n) is 6.45. The van der Waals surface area contributed by atoms with Gasteiger partial charge in [0.25, 0.3) is 0 Å². The molecule has 19 heavy (non-hydrogen) atoms. The van der Waals surface area contributed by atoms with Gasteiger partial charge in [-0.05, 0) is 37.5 Å². The lowest BCUT2D eigenvalue weighted by molar-refractivity contribution is -0.116. The van der Waals surface area contributed by atoms with Crippen molar-refractivity contribution in [3.05, 3.63) is 29.3 Å². The molecule has 0 radical (unpaired) electrons. The van der Waals surface area contributed by atoms with E-state index in [4.69, 9.17) is 16.3 Å². The Labute approximate surface area is 118 Å². The lowest BCUT2D eigenvalue weighted by Crippen LogP contribution is -2.49. The van der Waals surface area contributed by atoms with E-state index < -0.39 is 0 Å². The van der Waals surface area contributed by atoms with E-state index in [1.54, 1.807) is 25.3 Å². The van der Waals surface area contributed by atoms with E-state index in [-0.39, 0.29) is 18.1 Å². The van der Waals surface area contributed by atoms with Crippen molar-refractivity contribution in [2.75, 3.05) is 25.5 Å². The van der Waals surface area contributed by atoms with Gasteiger partial charge in [-0.3, -0.25) is 4.79 Å². The standard InChI is InChI=1S/C14H19ClN2O2/c1-19-14(6-3-7-14)10-16-9-13(18)17-12-5-2-4-11(15)8-12/h2,4-5,8,16H,3,6-7,9-10H2,1H3,(H,17,18). The van der Waals surface area contributed by atoms with E-state index in [2.05, 4.69) is 10.6 Å². The first-order valence-corrected chi connectivity index (χ1v) is 6.83. The molecule has 0 aliphatic heterocycles. The van der Waals surface area contributed by atoms with Crippen LogP contribution in [0.4, 0.5) is 5.69 Å². The van der Waals surface area contributed by atoms with Gasteiger partial charge in [0.15, 0.2) is 0 Å². The minimum absolute atomic E-state index is 0.0592. The molecule has 1 aromatic rings. The van der Waals surface area contributed by atoms with Crippen molar-refractivity contribution in [2.45, 2.75) is 24.9 Å². The predicted molar refractivity (Wildman–Crippen MR) is 76.5 cm³/mol. The van der Waals surface area contributed by atoms with Crippen LogP contribution in [0.1, 0.15) is 19.3 Å². The van der Waals surface area contributed by atoms with Gasteiger partial charge in [0.05, 0.1) is 12.1 Å². The number of hydrogen-bond acceptors (Lipinski definition) is 3. The third-order valence-electron chi connectivity index (χ3n) is 3.54. The second-order valence-electron chi connectivity index (χ2n) is 4.90. The third kappa shape index (κ3) is 3.93. The molecule has 1 aliphatic carbocycles. The molecule has 0 unspecified atom stereocenters. The second-order valence-corrected chi connectivity index (χ2v) is 5.34. The second kappa shape index (κ2) is 6.37. The number of anilines is 1. The van der Waals surface area contributed by atoms with Crippen LogP contribution in [-0.2, 0) is 9.53 Å². The molecule has 2 rings (SSSR count). The Morgan fingerprint density at radius 2 is 2.26 bits per heavy atom. The fourth-order valence-corrected chi connectivity index (χ4v) is 2.39. The molecule has 2 N–H and O–H groups in total. The maximum atomic E-state index is 11.7. The molecule has 0 atom stereocenters. The number of halogens is 1. The largest absolute Gasteiger partial charge is 0.377 e. The first-order chi connectivity index (χ1) is 9.13. The summed E-state index contributed by atoms with van der Waals surface area (Å²) in [6.07, 6.45) is 3.32. The van der Waals surface area contributed by atoms with E-state index >= 15 is 0 Å². The molecule has 104 valence electrons. The van der Waals surface area contributed by atoms with Crippen molar-refractivity contribution in [2.24, 2.45) is 0 Å². The number of nitrogens with one attached hydrogen (secondary N) is 2. The lowest BCUT2D eigenvalue weighted by atomic mass is 9.80. The van der Waals surface area contributed by atoms with E-state index in [0.29, 0.717) is 17.3 Å². The van der Waals surface area contributed by atoms with Crippen LogP contribution in [0.3, 0.4) is 0 Å². The number of benzene rings is 1. The van der Waals surface area contributed by atoms with E-state index in [0.717, 1.165) is 12.8 Å². The van der Waals surface area contributed by atoms with Crippen molar-refractivity contribution < 1.29 is 9.53 Å². The third-order valence-corrected chi connectivity index (χ3v) is 3.77. The van der Waals surface area contributed by atoms with Gasteiger partial charge in [-0.1, -0.05) is 17.7 Å². The van der Waals surface area contributed by atoms with Crippen molar-refractivity contribution in [1.29, 1.82) is 0 Å². The molecule has 4 nitrogen and oxygen atoms in total. The predicted octanol–water partition coefficient (Wildman–Crippen LogP) is 2.44. The molecular formula is C14H19ClN2O2. The van der Waals surface area contributed by atoms with Crippen molar-refractivity contribution >= 4 is 23.2 Å². The highest BCUT2D eigenvalue weighted by molar-refractivity contribution is 6.30. The highest BCUT2D eigenvalue weighted by Gasteiger charge is 2.36. The molecule has 0 aromatic heterocycles. The molecule has 5 heteroatoms. The Morgan fingerprint density at radius 3 is 2.84 bits per heavy atom. The smallest absolute Gasteiger partial charge is 0.238 e. The van der Waals surface area contributed by atoms with Crippen LogP contribution in [0.25, 0.3) is 0 Å². The summed E-state index contributed by atoms with van der Waals surface area (Å²) in [6.45, 7) is 0.990. The van der Waals surface area contributed by atoms with Gasteiger partial charge in [0, 0.05) is 24.4 Å². The molecule has 0 spiro atoms. The van der Waals surface area contributed by atoms with E-state index in [1.807, 2.05) is 6.07 Å². The molecule has 0 bridgehead atoms. The zero-order valence-electron chi connectivity index (χ0n) is 11.0. The summed E-state index contributed by atoms with van der Waals surface area (Å²) in [7, 11) is 1.73. The van der Waals surface area contributed by atoms with Crippen LogP contribution in [0, 0.1) is 0 Å². The molecule has 1 aliphatic rings. The highest BCUT2D eigenvalue weighted by atomic mass is 35.5. The quantitative estimate of drug-likeness (QED) is 0.843. The molecule has 1 fully saturated rings. The highest BCUT2D eigenvalue weighted by Crippen LogP contribution is 2.34. The summed E-state index contributed by atoms with van der Waals surface area (Å²) >= 11 is 5.85. The Kier molecular flexibility index (Phi) is 4.80. The van der Waals surface area contributed by atoms with Gasteiger partial charge in [-0.25, -0.2) is 0 Å². The maximum absolute atomic E-state index is 11.7. The minimum Gasteiger partial charge on any atom is -0.377 e. The summed E-state index contributed by atoms with van der Waals surface area (Å²) in [5.74, 6) is -0.0761. The summed E-state index contributed by atoms with van der Waals surface area (Å²) in [6, 6.07) is 7.11. The average Bonchev–Trinajstić information content (AvgIpc) is 2.32. The zero-order chi connectivity index (χ0) is 13.7. The summed E-state index contributed by atoms with van der Waals surface area (Å²) < 4.78 is 5.48. The topological polar surface area (TPSA) is 50.4 Å². The fraction of sp³-hybridized carbons (Fsp3) is 0.500. The van der Waals surface area contributed by atoms with E-state index in [1.165, 1.54) is 6.42 Å². The number of hydrogen-bond donors (Lipinski definition) is 2. The molecule has 1 saturated carbocycles. The SMILES string of the molecule is COC1(CNCC(=O)Nc2cccc(Cl)c2)CCC1. The average molecular weight is 283 g/mol. The van der Waals surface area contributed by atoms with E-state index in [9.17, 15) is 4.79 Å². The van der Waals surface area contributed by atoms with Gasteiger partial charge in [0.1, 0.15) is 0 Å². The molecule has 1 aromatic carbocycles. The number of amides is 1. The van der Waals surface area contributed by atoms with Crippen molar-refractivity contribution in [3.8, 4) is 0 Å². The van der Waals surface area contributed by atoms with Crippen LogP contribution in [0.2, 0.25) is 5.02 Å². The summed E-state index contributed by atoms with van der Waals surface area (Å²) in [5, 5.41) is 6.55. The molecule has 0 saturated heterocycles. The van der Waals surface area contributed by atoms with Gasteiger partial charge in [0.2, 0.25) is 5.91 Å². The number of carbonyl (C=O) groups excluding carboxylic acids is 1. The fourth-order valence-electron chi connectivity index (χ4n) is 2.20. The Bertz CT molecular complexity index is 441. The molecule has 1 amide bonds. The van der Waals surface area contributed by atoms with Crippen LogP contribution < -0.4 is 10.6 Å². The zero-order valence-corrected chi connectivity index (χ0v) is 11.8. The minimum atomic E-state index is -0.0761. The number of rotatable bonds is 6. The van der Waals surface area contributed by atoms with Crippen LogP contribution in [0.15, 0.2) is 24.3 Å². The van der Waals surface area contributed by atoms with Crippen molar-refractivity contribution in [3.63, 3.8) is 0 Å². The van der Waals surface area contributed by atoms with Crippen LogP contribution >= 0.6 is 11.6 Å². The molecule has 0 heterocycles. The Morgan fingerprint density at radius 1 is 1.47 bits per heavy atom. The van der Waals surface area contributed by atoms with Gasteiger partial charge >= 0.3 is 0 Å². The number of ether oxygens (including phenoxy) is 1. The van der Waals surface area contributed by atoms with Crippen LogP contribution in [0.5, 0.6) is 0 Å². The van der Waals surface area contributed by atoms with Crippen molar-refractivity contribution in [1.82, 2.24) is 5.32 Å². The summed E-state index contributed by atoms with van der Waals surface area (Å²) in [4.78, 5) is 11.7. The number of methoxy groups -OCH3 is 1. The Balaban J connectivity index is 1.73. The van der Waals surface area contributed by atoms with Crippen LogP contribution in [-0.4, -0.2) is 31.7 Å². The number of carbonyl (C=O) groups is 1. The molecular weight excluding hydrogens is 264 g/mol. The van der Waals surface area contributed by atoms with Gasteiger partial charge in [-0.15, -0.1) is 0 Å².